The first-order valence-corrected chi connectivity index (χ1v) is 12.1. The van der Waals surface area contributed by atoms with E-state index in [0.717, 1.165) is 16.9 Å². The third-order valence-electron chi connectivity index (χ3n) is 5.42. The lowest BCUT2D eigenvalue weighted by molar-refractivity contribution is -0.122. The van der Waals surface area contributed by atoms with Crippen LogP contribution < -0.4 is 10.6 Å². The Morgan fingerprint density at radius 2 is 1.87 bits per heavy atom. The molecular formula is C20H20ClN3O4S2. The number of primary amides is 1. The first kappa shape index (κ1) is 21.0. The molecule has 10 heteroatoms. The Bertz CT molecular complexity index is 1270. The fourth-order valence-corrected chi connectivity index (χ4v) is 6.38. The second-order valence-corrected chi connectivity index (χ2v) is 10.6. The Balaban J connectivity index is 1.64. The van der Waals surface area contributed by atoms with Crippen molar-refractivity contribution in [3.63, 3.8) is 0 Å². The maximum atomic E-state index is 13.0. The number of thiazole rings is 1. The largest absolute Gasteiger partial charge is 0.369 e. The third-order valence-corrected chi connectivity index (χ3v) is 8.63. The summed E-state index contributed by atoms with van der Waals surface area (Å²) in [5.74, 6) is -0.680. The summed E-state index contributed by atoms with van der Waals surface area (Å²) >= 11 is 7.23. The minimum Gasteiger partial charge on any atom is -0.369 e. The highest BCUT2D eigenvalue weighted by Gasteiger charge is 2.31. The summed E-state index contributed by atoms with van der Waals surface area (Å²) in [7, 11) is -3.72. The van der Waals surface area contributed by atoms with Crippen LogP contribution in [0.4, 0.5) is 0 Å². The van der Waals surface area contributed by atoms with Gasteiger partial charge in [0.25, 0.3) is 0 Å². The van der Waals surface area contributed by atoms with Gasteiger partial charge in [0.2, 0.25) is 15.9 Å². The van der Waals surface area contributed by atoms with E-state index >= 15 is 0 Å². The van der Waals surface area contributed by atoms with Gasteiger partial charge in [-0.25, -0.2) is 8.42 Å². The highest BCUT2D eigenvalue weighted by molar-refractivity contribution is 7.89. The first-order chi connectivity index (χ1) is 14.3. The molecule has 0 atom stereocenters. The van der Waals surface area contributed by atoms with Crippen LogP contribution >= 0.6 is 22.9 Å². The standard InChI is InChI=1S/C20H20ClN3O4S2/c21-16-4-2-1-3-14(16)12-24-17-6-5-15(11-18(17)29-20(24)26)30(27,28)23-9-7-13(8-10-23)19(22)25/h1-6,11,13H,7-10,12H2,(H2,22,25). The fraction of sp³-hybridized carbons (Fsp3) is 0.300. The summed E-state index contributed by atoms with van der Waals surface area (Å²) in [6.45, 7) is 0.806. The van der Waals surface area contributed by atoms with Crippen LogP contribution in [0.25, 0.3) is 10.2 Å². The van der Waals surface area contributed by atoms with Gasteiger partial charge in [-0.3, -0.25) is 14.2 Å². The van der Waals surface area contributed by atoms with Gasteiger partial charge in [0.1, 0.15) is 0 Å². The summed E-state index contributed by atoms with van der Waals surface area (Å²) in [4.78, 5) is 23.8. The number of carbonyl (C=O) groups excluding carboxylic acids is 1. The predicted octanol–water partition coefficient (Wildman–Crippen LogP) is 2.65. The maximum Gasteiger partial charge on any atom is 0.308 e. The van der Waals surface area contributed by atoms with Gasteiger partial charge in [-0.15, -0.1) is 0 Å². The molecular weight excluding hydrogens is 446 g/mol. The molecule has 0 bridgehead atoms. The number of nitrogens with two attached hydrogens (primary N) is 1. The van der Waals surface area contributed by atoms with E-state index in [1.54, 1.807) is 22.8 Å². The van der Waals surface area contributed by atoms with Gasteiger partial charge >= 0.3 is 4.87 Å². The smallest absolute Gasteiger partial charge is 0.308 e. The second kappa shape index (κ2) is 8.14. The van der Waals surface area contributed by atoms with Gasteiger partial charge in [0, 0.05) is 24.0 Å². The molecule has 2 N–H and O–H groups in total. The second-order valence-electron chi connectivity index (χ2n) is 7.26. The molecule has 2 aromatic carbocycles. The zero-order valence-corrected chi connectivity index (χ0v) is 18.3. The van der Waals surface area contributed by atoms with Crippen molar-refractivity contribution >= 4 is 49.1 Å². The van der Waals surface area contributed by atoms with Gasteiger partial charge in [0.05, 0.1) is 21.7 Å². The average Bonchev–Trinajstić information content (AvgIpc) is 3.04. The van der Waals surface area contributed by atoms with Gasteiger partial charge in [-0.05, 0) is 42.7 Å². The van der Waals surface area contributed by atoms with Crippen LogP contribution in [0.15, 0.2) is 52.2 Å². The molecule has 3 aromatic rings. The van der Waals surface area contributed by atoms with Crippen LogP contribution in [0.5, 0.6) is 0 Å². The lowest BCUT2D eigenvalue weighted by atomic mass is 9.98. The number of amides is 1. The van der Waals surface area contributed by atoms with Gasteiger partial charge < -0.3 is 5.73 Å². The minimum atomic E-state index is -3.72. The molecule has 2 heterocycles. The lowest BCUT2D eigenvalue weighted by Gasteiger charge is -2.29. The van der Waals surface area contributed by atoms with Crippen molar-refractivity contribution in [3.05, 3.63) is 62.7 Å². The number of benzene rings is 2. The van der Waals surface area contributed by atoms with E-state index in [9.17, 15) is 18.0 Å². The molecule has 1 saturated heterocycles. The topological polar surface area (TPSA) is 102 Å². The fourth-order valence-electron chi connectivity index (χ4n) is 3.68. The summed E-state index contributed by atoms with van der Waals surface area (Å²) in [5.41, 5.74) is 6.81. The zero-order chi connectivity index (χ0) is 21.5. The van der Waals surface area contributed by atoms with Crippen molar-refractivity contribution in [1.82, 2.24) is 8.87 Å². The number of rotatable bonds is 5. The molecule has 1 aromatic heterocycles. The van der Waals surface area contributed by atoms with Crippen LogP contribution in [0.3, 0.4) is 0 Å². The number of fused-ring (bicyclic) bond motifs is 1. The van der Waals surface area contributed by atoms with Crippen molar-refractivity contribution in [3.8, 4) is 0 Å². The van der Waals surface area contributed by atoms with Crippen LogP contribution in [-0.2, 0) is 21.4 Å². The van der Waals surface area contributed by atoms with E-state index in [2.05, 4.69) is 0 Å². The number of halogens is 1. The summed E-state index contributed by atoms with van der Waals surface area (Å²) < 4.78 is 29.7. The first-order valence-electron chi connectivity index (χ1n) is 9.43. The van der Waals surface area contributed by atoms with E-state index < -0.39 is 15.9 Å². The monoisotopic (exact) mass is 465 g/mol. The number of nitrogens with zero attached hydrogens (tertiary/aromatic N) is 2. The molecule has 4 rings (SSSR count). The average molecular weight is 466 g/mol. The Morgan fingerprint density at radius 1 is 1.17 bits per heavy atom. The van der Waals surface area contributed by atoms with Gasteiger partial charge in [-0.2, -0.15) is 4.31 Å². The van der Waals surface area contributed by atoms with E-state index in [4.69, 9.17) is 17.3 Å². The van der Waals surface area contributed by atoms with Crippen LogP contribution in [0, 0.1) is 5.92 Å². The molecule has 1 aliphatic rings. The molecule has 7 nitrogen and oxygen atoms in total. The molecule has 1 aliphatic heterocycles. The summed E-state index contributed by atoms with van der Waals surface area (Å²) in [5, 5.41) is 0.572. The molecule has 158 valence electrons. The number of sulfonamides is 1. The molecule has 0 spiro atoms. The Hall–Kier alpha value is -2.20. The number of hydrogen-bond donors (Lipinski definition) is 1. The number of carbonyl (C=O) groups is 1. The van der Waals surface area contributed by atoms with Crippen LogP contribution in [0.2, 0.25) is 5.02 Å². The Morgan fingerprint density at radius 3 is 2.53 bits per heavy atom. The molecule has 30 heavy (non-hydrogen) atoms. The van der Waals surface area contributed by atoms with Crippen molar-refractivity contribution in [1.29, 1.82) is 0 Å². The van der Waals surface area contributed by atoms with Gasteiger partial charge in [-0.1, -0.05) is 41.1 Å². The summed E-state index contributed by atoms with van der Waals surface area (Å²) in [6, 6.07) is 12.0. The van der Waals surface area contributed by atoms with E-state index in [-0.39, 0.29) is 28.8 Å². The molecule has 1 amide bonds. The van der Waals surface area contributed by atoms with Crippen molar-refractivity contribution < 1.29 is 13.2 Å². The van der Waals surface area contributed by atoms with E-state index in [1.807, 2.05) is 18.2 Å². The van der Waals surface area contributed by atoms with Crippen molar-refractivity contribution in [2.75, 3.05) is 13.1 Å². The molecule has 0 saturated carbocycles. The van der Waals surface area contributed by atoms with Gasteiger partial charge in [0.15, 0.2) is 0 Å². The number of aromatic nitrogens is 1. The number of piperidine rings is 1. The van der Waals surface area contributed by atoms with E-state index in [1.165, 1.54) is 10.4 Å². The normalized spacial score (nSPS) is 16.2. The van der Waals surface area contributed by atoms with Crippen LogP contribution in [0.1, 0.15) is 18.4 Å². The minimum absolute atomic E-state index is 0.138. The Labute approximate surface area is 182 Å². The van der Waals surface area contributed by atoms with Crippen LogP contribution in [-0.4, -0.2) is 36.3 Å². The SMILES string of the molecule is NC(=O)C1CCN(S(=O)(=O)c2ccc3c(c2)sc(=O)n3Cc2ccccc2Cl)CC1. The van der Waals surface area contributed by atoms with Crippen molar-refractivity contribution in [2.24, 2.45) is 11.7 Å². The highest BCUT2D eigenvalue weighted by atomic mass is 35.5. The lowest BCUT2D eigenvalue weighted by Crippen LogP contribution is -2.41. The van der Waals surface area contributed by atoms with Crippen molar-refractivity contribution in [2.45, 2.75) is 24.3 Å². The molecule has 1 fully saturated rings. The zero-order valence-electron chi connectivity index (χ0n) is 16.0. The summed E-state index contributed by atoms with van der Waals surface area (Å²) in [6.07, 6.45) is 0.830. The third kappa shape index (κ3) is 3.90. The predicted molar refractivity (Wildman–Crippen MR) is 117 cm³/mol. The molecule has 0 radical (unpaired) electrons. The quantitative estimate of drug-likeness (QED) is 0.625. The number of hydrogen-bond acceptors (Lipinski definition) is 5. The highest BCUT2D eigenvalue weighted by Crippen LogP contribution is 2.28. The van der Waals surface area contributed by atoms with E-state index in [0.29, 0.717) is 34.6 Å². The maximum absolute atomic E-state index is 13.0. The molecule has 0 aliphatic carbocycles. The molecule has 0 unspecified atom stereocenters. The Kier molecular flexibility index (Phi) is 5.71.